The maximum Gasteiger partial charge on any atom is 0.328 e. The molecule has 0 radical (unpaired) electrons. The van der Waals surface area contributed by atoms with Crippen LogP contribution in [0.5, 0.6) is 0 Å². The number of hydrogen-bond acceptors (Lipinski definition) is 7. The largest absolute Gasteiger partial charge is 0.480 e. The van der Waals surface area contributed by atoms with Crippen LogP contribution < -0.4 is 16.4 Å². The number of carbonyl (C=O) groups excluding carboxylic acids is 3. The molecule has 3 amide bonds. The van der Waals surface area contributed by atoms with Crippen molar-refractivity contribution < 1.29 is 34.5 Å². The van der Waals surface area contributed by atoms with Gasteiger partial charge >= 0.3 is 5.97 Å². The molecule has 0 aromatic heterocycles. The normalized spacial score (nSPS) is 20.5. The Morgan fingerprint density at radius 1 is 1.28 bits per heavy atom. The zero-order chi connectivity index (χ0) is 19.1. The number of carboxylic acid groups (broad SMARTS) is 1. The monoisotopic (exact) mass is 360 g/mol. The predicted molar refractivity (Wildman–Crippen MR) is 84.1 cm³/mol. The van der Waals surface area contributed by atoms with Crippen molar-refractivity contribution in [2.24, 2.45) is 5.73 Å². The Labute approximate surface area is 144 Å². The first kappa shape index (κ1) is 20.8. The van der Waals surface area contributed by atoms with Gasteiger partial charge in [-0.05, 0) is 19.8 Å². The maximum atomic E-state index is 12.4. The van der Waals surface area contributed by atoms with Crippen molar-refractivity contribution in [3.63, 3.8) is 0 Å². The summed E-state index contributed by atoms with van der Waals surface area (Å²) in [7, 11) is 0. The summed E-state index contributed by atoms with van der Waals surface area (Å²) in [5.74, 6) is -3.46. The predicted octanol–water partition coefficient (Wildman–Crippen LogP) is -3.64. The van der Waals surface area contributed by atoms with Crippen LogP contribution in [-0.2, 0) is 19.2 Å². The van der Waals surface area contributed by atoms with Crippen LogP contribution in [0.15, 0.2) is 0 Å². The van der Waals surface area contributed by atoms with Gasteiger partial charge in [-0.15, -0.1) is 0 Å². The zero-order valence-corrected chi connectivity index (χ0v) is 13.8. The minimum atomic E-state index is -1.56. The molecule has 0 saturated carbocycles. The first-order valence-electron chi connectivity index (χ1n) is 7.84. The topological polar surface area (TPSA) is 182 Å². The lowest BCUT2D eigenvalue weighted by molar-refractivity contribution is -0.144. The summed E-state index contributed by atoms with van der Waals surface area (Å²) in [5, 5.41) is 31.9. The molecule has 142 valence electrons. The van der Waals surface area contributed by atoms with Crippen LogP contribution in [0.25, 0.3) is 0 Å². The number of nitrogens with zero attached hydrogens (tertiary/aromatic N) is 1. The number of nitrogens with two attached hydrogens (primary N) is 1. The van der Waals surface area contributed by atoms with E-state index in [2.05, 4.69) is 5.32 Å². The average Bonchev–Trinajstić information content (AvgIpc) is 3.05. The standard InChI is InChI=1S/C14H24N4O7/c1-7(20)11(13(23)16-8(6-19)14(24)25)17-12(22)9-3-2-4-18(9)10(21)5-15/h7-9,11,19-20H,2-6,15H2,1H3,(H,16,23)(H,17,22)(H,24,25). The molecule has 25 heavy (non-hydrogen) atoms. The molecular formula is C14H24N4O7. The summed E-state index contributed by atoms with van der Waals surface area (Å²) in [5.41, 5.74) is 5.30. The molecule has 0 aliphatic carbocycles. The Morgan fingerprint density at radius 3 is 2.40 bits per heavy atom. The van der Waals surface area contributed by atoms with E-state index in [9.17, 15) is 24.3 Å². The molecule has 1 fully saturated rings. The van der Waals surface area contributed by atoms with Gasteiger partial charge in [0.25, 0.3) is 0 Å². The van der Waals surface area contributed by atoms with Crippen LogP contribution in [0, 0.1) is 0 Å². The van der Waals surface area contributed by atoms with Gasteiger partial charge in [0.1, 0.15) is 18.1 Å². The van der Waals surface area contributed by atoms with Crippen LogP contribution in [0.4, 0.5) is 0 Å². The van der Waals surface area contributed by atoms with Gasteiger partial charge in [0.15, 0.2) is 0 Å². The minimum Gasteiger partial charge on any atom is -0.480 e. The second-order valence-corrected chi connectivity index (χ2v) is 5.76. The minimum absolute atomic E-state index is 0.249. The molecule has 1 heterocycles. The lowest BCUT2D eigenvalue weighted by Crippen LogP contribution is -2.59. The van der Waals surface area contributed by atoms with Gasteiger partial charge in [-0.2, -0.15) is 0 Å². The molecule has 11 nitrogen and oxygen atoms in total. The molecular weight excluding hydrogens is 336 g/mol. The Balaban J connectivity index is 2.80. The van der Waals surface area contributed by atoms with Gasteiger partial charge in [-0.25, -0.2) is 4.79 Å². The number of carbonyl (C=O) groups is 4. The highest BCUT2D eigenvalue weighted by molar-refractivity contribution is 5.94. The molecule has 1 aliphatic heterocycles. The number of nitrogens with one attached hydrogen (secondary N) is 2. The second-order valence-electron chi connectivity index (χ2n) is 5.76. The van der Waals surface area contributed by atoms with Crippen molar-refractivity contribution in [2.45, 2.75) is 44.0 Å². The number of hydrogen-bond donors (Lipinski definition) is 6. The molecule has 0 aromatic carbocycles. The number of aliphatic carboxylic acids is 1. The first-order chi connectivity index (χ1) is 11.7. The van der Waals surface area contributed by atoms with Crippen LogP contribution >= 0.6 is 0 Å². The van der Waals surface area contributed by atoms with Crippen molar-refractivity contribution in [3.05, 3.63) is 0 Å². The third-order valence-corrected chi connectivity index (χ3v) is 3.91. The molecule has 1 saturated heterocycles. The van der Waals surface area contributed by atoms with E-state index >= 15 is 0 Å². The molecule has 1 aliphatic rings. The van der Waals surface area contributed by atoms with E-state index in [-0.39, 0.29) is 6.54 Å². The lowest BCUT2D eigenvalue weighted by atomic mass is 10.1. The Hall–Kier alpha value is -2.24. The van der Waals surface area contributed by atoms with Gasteiger partial charge in [0.05, 0.1) is 19.3 Å². The quantitative estimate of drug-likeness (QED) is 0.256. The molecule has 7 N–H and O–H groups in total. The SMILES string of the molecule is CC(O)C(NC(=O)C1CCCN1C(=O)CN)C(=O)NC(CO)C(=O)O. The second kappa shape index (κ2) is 9.30. The number of aliphatic hydroxyl groups excluding tert-OH is 2. The van der Waals surface area contributed by atoms with Gasteiger partial charge < -0.3 is 36.6 Å². The molecule has 0 bridgehead atoms. The number of rotatable bonds is 8. The highest BCUT2D eigenvalue weighted by Gasteiger charge is 2.37. The summed E-state index contributed by atoms with van der Waals surface area (Å²) in [6.07, 6.45) is -0.335. The molecule has 0 aromatic rings. The molecule has 1 rings (SSSR count). The Morgan fingerprint density at radius 2 is 1.92 bits per heavy atom. The van der Waals surface area contributed by atoms with Gasteiger partial charge in [-0.3, -0.25) is 14.4 Å². The fourth-order valence-corrected chi connectivity index (χ4v) is 2.56. The highest BCUT2D eigenvalue weighted by atomic mass is 16.4. The third kappa shape index (κ3) is 5.37. The molecule has 0 spiro atoms. The van der Waals surface area contributed by atoms with Crippen molar-refractivity contribution in [1.82, 2.24) is 15.5 Å². The smallest absolute Gasteiger partial charge is 0.328 e. The van der Waals surface area contributed by atoms with Crippen molar-refractivity contribution >= 4 is 23.7 Å². The van der Waals surface area contributed by atoms with E-state index in [4.69, 9.17) is 15.9 Å². The van der Waals surface area contributed by atoms with Crippen molar-refractivity contribution in [3.8, 4) is 0 Å². The zero-order valence-electron chi connectivity index (χ0n) is 13.8. The van der Waals surface area contributed by atoms with Crippen LogP contribution in [0.3, 0.4) is 0 Å². The summed E-state index contributed by atoms with van der Waals surface area (Å²) in [4.78, 5) is 48.4. The van der Waals surface area contributed by atoms with Crippen LogP contribution in [0.2, 0.25) is 0 Å². The molecule has 4 atom stereocenters. The highest BCUT2D eigenvalue weighted by Crippen LogP contribution is 2.17. The fourth-order valence-electron chi connectivity index (χ4n) is 2.56. The summed E-state index contributed by atoms with van der Waals surface area (Å²) in [6, 6.07) is -3.80. The summed E-state index contributed by atoms with van der Waals surface area (Å²) in [6.45, 7) is 0.520. The maximum absolute atomic E-state index is 12.4. The lowest BCUT2D eigenvalue weighted by Gasteiger charge is -2.27. The summed E-state index contributed by atoms with van der Waals surface area (Å²) >= 11 is 0. The van der Waals surface area contributed by atoms with Crippen molar-refractivity contribution in [1.29, 1.82) is 0 Å². The fraction of sp³-hybridized carbons (Fsp3) is 0.714. The Kier molecular flexibility index (Phi) is 7.74. The Bertz CT molecular complexity index is 525. The van der Waals surface area contributed by atoms with Gasteiger partial charge in [-0.1, -0.05) is 0 Å². The third-order valence-electron chi connectivity index (χ3n) is 3.91. The van der Waals surface area contributed by atoms with Crippen LogP contribution in [0.1, 0.15) is 19.8 Å². The van der Waals surface area contributed by atoms with E-state index in [0.29, 0.717) is 19.4 Å². The molecule has 4 unspecified atom stereocenters. The number of carboxylic acids is 1. The van der Waals surface area contributed by atoms with Crippen molar-refractivity contribution in [2.75, 3.05) is 19.7 Å². The van der Waals surface area contributed by atoms with Crippen LogP contribution in [-0.4, -0.2) is 87.8 Å². The van der Waals surface area contributed by atoms with Gasteiger partial charge in [0, 0.05) is 6.54 Å². The number of likely N-dealkylation sites (tertiary alicyclic amines) is 1. The average molecular weight is 360 g/mol. The molecule has 11 heteroatoms. The van der Waals surface area contributed by atoms with E-state index in [1.165, 1.54) is 11.8 Å². The van der Waals surface area contributed by atoms with E-state index in [1.807, 2.05) is 5.32 Å². The number of amides is 3. The number of aliphatic hydroxyl groups is 2. The van der Waals surface area contributed by atoms with E-state index < -0.39 is 54.5 Å². The van der Waals surface area contributed by atoms with E-state index in [1.54, 1.807) is 0 Å². The first-order valence-corrected chi connectivity index (χ1v) is 7.84. The van der Waals surface area contributed by atoms with Gasteiger partial charge in [0.2, 0.25) is 17.7 Å². The van der Waals surface area contributed by atoms with E-state index in [0.717, 1.165) is 0 Å². The summed E-state index contributed by atoms with van der Waals surface area (Å²) < 4.78 is 0.